The topological polar surface area (TPSA) is 117 Å². The number of hydrogen-bond acceptors (Lipinski definition) is 8. The second kappa shape index (κ2) is 7.96. The zero-order chi connectivity index (χ0) is 19.4. The Hall–Kier alpha value is -3.27. The van der Waals surface area contributed by atoms with Gasteiger partial charge in [-0.3, -0.25) is 9.89 Å². The summed E-state index contributed by atoms with van der Waals surface area (Å²) in [6.07, 6.45) is 4.13. The lowest BCUT2D eigenvalue weighted by molar-refractivity contribution is 0.0508. The molecule has 0 aliphatic carbocycles. The van der Waals surface area contributed by atoms with Crippen molar-refractivity contribution in [2.24, 2.45) is 4.99 Å². The number of nitrogens with zero attached hydrogens (tertiary/aromatic N) is 5. The van der Waals surface area contributed by atoms with Crippen molar-refractivity contribution in [2.45, 2.75) is 13.0 Å². The van der Waals surface area contributed by atoms with Crippen molar-refractivity contribution in [1.82, 2.24) is 19.5 Å². The molecule has 0 aromatic carbocycles. The zero-order valence-corrected chi connectivity index (χ0v) is 14.9. The molecule has 3 rings (SSSR count). The van der Waals surface area contributed by atoms with Gasteiger partial charge in [-0.05, 0) is 13.6 Å². The molecule has 27 heavy (non-hydrogen) atoms. The fraction of sp³-hybridized carbons (Fsp3) is 0.353. The molecular weight excluding hydrogens is 354 g/mol. The van der Waals surface area contributed by atoms with Crippen LogP contribution in [0.2, 0.25) is 0 Å². The highest BCUT2D eigenvalue weighted by atomic mass is 16.7. The minimum Gasteiger partial charge on any atom is -0.492 e. The molecule has 0 bridgehead atoms. The molecule has 1 unspecified atom stereocenters. The molecular formula is C17H21N5O5. The summed E-state index contributed by atoms with van der Waals surface area (Å²) in [6, 6.07) is 2.23. The van der Waals surface area contributed by atoms with Crippen molar-refractivity contribution in [3.63, 3.8) is 0 Å². The van der Waals surface area contributed by atoms with Gasteiger partial charge in [0.05, 0.1) is 11.7 Å². The van der Waals surface area contributed by atoms with Gasteiger partial charge in [0.1, 0.15) is 12.0 Å². The third-order valence-electron chi connectivity index (χ3n) is 4.39. The number of allylic oxidation sites excluding steroid dienone is 1. The minimum atomic E-state index is -0.664. The van der Waals surface area contributed by atoms with Gasteiger partial charge in [-0.15, -0.1) is 4.73 Å². The summed E-state index contributed by atoms with van der Waals surface area (Å²) < 4.78 is 5.78. The maximum absolute atomic E-state index is 12.3. The van der Waals surface area contributed by atoms with Crippen LogP contribution in [0.3, 0.4) is 0 Å². The molecule has 1 amide bonds. The molecule has 10 nitrogen and oxygen atoms in total. The smallest absolute Gasteiger partial charge is 0.434 e. The van der Waals surface area contributed by atoms with Crippen molar-refractivity contribution in [1.29, 1.82) is 0 Å². The first-order valence-corrected chi connectivity index (χ1v) is 8.37. The number of rotatable bonds is 5. The normalized spacial score (nSPS) is 16.9. The summed E-state index contributed by atoms with van der Waals surface area (Å²) in [6.45, 7) is 7.37. The van der Waals surface area contributed by atoms with Gasteiger partial charge >= 0.3 is 6.09 Å². The fourth-order valence-corrected chi connectivity index (χ4v) is 3.01. The van der Waals surface area contributed by atoms with E-state index in [1.54, 1.807) is 6.26 Å². The molecule has 0 saturated carbocycles. The Bertz CT molecular complexity index is 801. The van der Waals surface area contributed by atoms with Crippen LogP contribution in [0.25, 0.3) is 0 Å². The number of aliphatic imine (C=N–C) groups is 1. The Morgan fingerprint density at radius 2 is 2.00 bits per heavy atom. The van der Waals surface area contributed by atoms with Crippen molar-refractivity contribution in [2.75, 3.05) is 26.2 Å². The highest BCUT2D eigenvalue weighted by Crippen LogP contribution is 2.29. The van der Waals surface area contributed by atoms with E-state index in [0.29, 0.717) is 36.6 Å². The summed E-state index contributed by atoms with van der Waals surface area (Å²) in [5, 5.41) is 19.2. The van der Waals surface area contributed by atoms with E-state index in [0.717, 1.165) is 5.70 Å². The first-order chi connectivity index (χ1) is 13.0. The number of carbonyl (C=O) groups excluding carboxylic acids is 1. The molecule has 1 fully saturated rings. The first kappa shape index (κ1) is 18.5. The van der Waals surface area contributed by atoms with E-state index in [4.69, 9.17) is 9.25 Å². The number of amides is 1. The molecule has 10 heteroatoms. The molecule has 2 N–H and O–H groups in total. The van der Waals surface area contributed by atoms with Crippen molar-refractivity contribution in [3.05, 3.63) is 42.3 Å². The third-order valence-corrected chi connectivity index (χ3v) is 4.39. The van der Waals surface area contributed by atoms with Crippen LogP contribution in [0, 0.1) is 0 Å². The van der Waals surface area contributed by atoms with Crippen LogP contribution in [0.15, 0.2) is 46.0 Å². The quantitative estimate of drug-likeness (QED) is 0.759. The van der Waals surface area contributed by atoms with Crippen LogP contribution in [0.1, 0.15) is 18.7 Å². The van der Waals surface area contributed by atoms with E-state index in [2.05, 4.69) is 21.6 Å². The Kier molecular flexibility index (Phi) is 5.46. The van der Waals surface area contributed by atoms with Crippen molar-refractivity contribution in [3.8, 4) is 11.8 Å². The SMILES string of the molecule is C=NC(=CC)C(c1cocn1)N1CCN(C(=O)On2c(O)ccc2O)CC1. The number of aromatic nitrogens is 2. The second-order valence-corrected chi connectivity index (χ2v) is 5.91. The van der Waals surface area contributed by atoms with Gasteiger partial charge in [-0.1, -0.05) is 6.08 Å². The molecule has 1 aliphatic rings. The van der Waals surface area contributed by atoms with Gasteiger partial charge in [0.15, 0.2) is 6.39 Å². The zero-order valence-electron chi connectivity index (χ0n) is 14.9. The third kappa shape index (κ3) is 3.80. The molecule has 1 aliphatic heterocycles. The average Bonchev–Trinajstić information content (AvgIpc) is 3.32. The van der Waals surface area contributed by atoms with Crippen LogP contribution < -0.4 is 4.84 Å². The molecule has 1 saturated heterocycles. The molecule has 2 aromatic heterocycles. The van der Waals surface area contributed by atoms with E-state index in [9.17, 15) is 15.0 Å². The summed E-state index contributed by atoms with van der Waals surface area (Å²) in [4.78, 5) is 29.3. The van der Waals surface area contributed by atoms with Crippen LogP contribution in [0.5, 0.6) is 11.8 Å². The van der Waals surface area contributed by atoms with Crippen molar-refractivity contribution < 1.29 is 24.3 Å². The molecule has 144 valence electrons. The number of piperazine rings is 1. The predicted octanol–water partition coefficient (Wildman–Crippen LogP) is 1.40. The molecule has 1 atom stereocenters. The highest BCUT2D eigenvalue weighted by molar-refractivity contribution is 5.68. The minimum absolute atomic E-state index is 0.220. The summed E-state index contributed by atoms with van der Waals surface area (Å²) in [5.74, 6) is -0.722. The standard InChI is InChI=1S/C17H21N5O5/c1-3-12(18-2)16(13-10-26-11-19-13)20-6-8-21(9-7-20)17(25)27-22-14(23)4-5-15(22)24/h3-5,10-11,16,23-24H,2,6-9H2,1H3. The largest absolute Gasteiger partial charge is 0.492 e. The second-order valence-electron chi connectivity index (χ2n) is 5.91. The van der Waals surface area contributed by atoms with Crippen LogP contribution in [-0.4, -0.2) is 68.7 Å². The van der Waals surface area contributed by atoms with E-state index in [1.165, 1.54) is 23.4 Å². The van der Waals surface area contributed by atoms with E-state index in [-0.39, 0.29) is 17.8 Å². The number of oxazole rings is 1. The Morgan fingerprint density at radius 3 is 2.52 bits per heavy atom. The van der Waals surface area contributed by atoms with Crippen LogP contribution >= 0.6 is 0 Å². The summed E-state index contributed by atoms with van der Waals surface area (Å²) >= 11 is 0. The number of aromatic hydroxyl groups is 2. The first-order valence-electron chi connectivity index (χ1n) is 8.37. The van der Waals surface area contributed by atoms with Gasteiger partial charge in [0.2, 0.25) is 11.8 Å². The summed E-state index contributed by atoms with van der Waals surface area (Å²) in [5.41, 5.74) is 1.47. The fourth-order valence-electron chi connectivity index (χ4n) is 3.01. The molecule has 0 spiro atoms. The predicted molar refractivity (Wildman–Crippen MR) is 95.4 cm³/mol. The van der Waals surface area contributed by atoms with E-state index < -0.39 is 6.09 Å². The number of carbonyl (C=O) groups is 1. The van der Waals surface area contributed by atoms with E-state index >= 15 is 0 Å². The van der Waals surface area contributed by atoms with Crippen LogP contribution in [-0.2, 0) is 0 Å². The van der Waals surface area contributed by atoms with Gasteiger partial charge in [-0.25, -0.2) is 9.78 Å². The lowest BCUT2D eigenvalue weighted by Crippen LogP contribution is -2.51. The highest BCUT2D eigenvalue weighted by Gasteiger charge is 2.31. The summed E-state index contributed by atoms with van der Waals surface area (Å²) in [7, 11) is 0. The van der Waals surface area contributed by atoms with E-state index in [1.807, 2.05) is 13.0 Å². The maximum atomic E-state index is 12.3. The molecule has 2 aromatic rings. The monoisotopic (exact) mass is 375 g/mol. The lowest BCUT2D eigenvalue weighted by atomic mass is 10.1. The molecule has 0 radical (unpaired) electrons. The molecule has 3 heterocycles. The van der Waals surface area contributed by atoms with Gasteiger partial charge < -0.3 is 24.4 Å². The van der Waals surface area contributed by atoms with Crippen molar-refractivity contribution >= 4 is 12.8 Å². The van der Waals surface area contributed by atoms with Gasteiger partial charge in [0, 0.05) is 38.3 Å². The van der Waals surface area contributed by atoms with Crippen LogP contribution in [0.4, 0.5) is 4.79 Å². The number of hydrogen-bond donors (Lipinski definition) is 2. The maximum Gasteiger partial charge on any atom is 0.434 e. The van der Waals surface area contributed by atoms with Gasteiger partial charge in [0.25, 0.3) is 0 Å². The Balaban J connectivity index is 1.66. The van der Waals surface area contributed by atoms with Gasteiger partial charge in [-0.2, -0.15) is 0 Å². The Morgan fingerprint density at radius 1 is 1.33 bits per heavy atom. The average molecular weight is 375 g/mol. The lowest BCUT2D eigenvalue weighted by Gasteiger charge is -2.38. The Labute approximate surface area is 155 Å².